The Hall–Kier alpha value is -1.27. The van der Waals surface area contributed by atoms with E-state index in [1.165, 1.54) is 10.6 Å². The Morgan fingerprint density at radius 2 is 2.28 bits per heavy atom. The first-order valence-corrected chi connectivity index (χ1v) is 7.00. The van der Waals surface area contributed by atoms with Crippen molar-refractivity contribution < 1.29 is 0 Å². The number of thiazole rings is 1. The molecule has 0 aliphatic carbocycles. The third-order valence-electron chi connectivity index (χ3n) is 2.86. The van der Waals surface area contributed by atoms with Crippen LogP contribution in [0.1, 0.15) is 40.8 Å². The highest BCUT2D eigenvalue weighted by molar-refractivity contribution is 7.11. The average Bonchev–Trinajstić information content (AvgIpc) is 2.94. The molecule has 2 heterocycles. The summed E-state index contributed by atoms with van der Waals surface area (Å²) in [6.07, 6.45) is 3.52. The first kappa shape index (κ1) is 13.2. The van der Waals surface area contributed by atoms with Gasteiger partial charge in [-0.15, -0.1) is 11.3 Å². The van der Waals surface area contributed by atoms with Crippen LogP contribution in [0.3, 0.4) is 0 Å². The molecular formula is C12H19N5S. The molecule has 0 amide bonds. The topological polar surface area (TPSA) is 66.5 Å². The van der Waals surface area contributed by atoms with Crippen LogP contribution in [0.15, 0.2) is 6.33 Å². The molecule has 0 saturated carbocycles. The van der Waals surface area contributed by atoms with E-state index in [0.717, 1.165) is 30.2 Å². The van der Waals surface area contributed by atoms with Gasteiger partial charge < -0.3 is 5.32 Å². The van der Waals surface area contributed by atoms with Crippen LogP contribution in [0.25, 0.3) is 0 Å². The second-order valence-electron chi connectivity index (χ2n) is 4.39. The van der Waals surface area contributed by atoms with Crippen molar-refractivity contribution in [2.75, 3.05) is 6.54 Å². The molecule has 0 radical (unpaired) electrons. The van der Waals surface area contributed by atoms with Crippen LogP contribution >= 0.6 is 11.3 Å². The third kappa shape index (κ3) is 3.36. The van der Waals surface area contributed by atoms with Gasteiger partial charge in [0.15, 0.2) is 0 Å². The molecule has 18 heavy (non-hydrogen) atoms. The number of nitrogens with one attached hydrogen (secondary N) is 2. The van der Waals surface area contributed by atoms with Gasteiger partial charge in [0.05, 0.1) is 10.7 Å². The fourth-order valence-electron chi connectivity index (χ4n) is 1.97. The Labute approximate surface area is 111 Å². The number of H-pyrrole nitrogens is 1. The molecule has 6 heteroatoms. The molecular weight excluding hydrogens is 246 g/mol. The van der Waals surface area contributed by atoms with Crippen molar-refractivity contribution in [3.8, 4) is 0 Å². The number of aryl methyl sites for hydroxylation is 3. The second-order valence-corrected chi connectivity index (χ2v) is 5.79. The first-order valence-electron chi connectivity index (χ1n) is 6.18. The summed E-state index contributed by atoms with van der Waals surface area (Å²) < 4.78 is 0. The number of rotatable bonds is 6. The highest BCUT2D eigenvalue weighted by Gasteiger charge is 2.12. The van der Waals surface area contributed by atoms with Gasteiger partial charge in [0.2, 0.25) is 0 Å². The summed E-state index contributed by atoms with van der Waals surface area (Å²) in [7, 11) is 0. The lowest BCUT2D eigenvalue weighted by molar-refractivity contribution is 0.543. The van der Waals surface area contributed by atoms with Crippen molar-refractivity contribution in [2.24, 2.45) is 0 Å². The predicted octanol–water partition coefficient (Wildman–Crippen LogP) is 2.16. The van der Waals surface area contributed by atoms with Crippen LogP contribution in [-0.2, 0) is 6.42 Å². The number of aromatic amines is 1. The zero-order valence-electron chi connectivity index (χ0n) is 11.0. The Balaban J connectivity index is 1.75. The molecule has 2 aromatic rings. The van der Waals surface area contributed by atoms with Crippen LogP contribution in [0, 0.1) is 13.8 Å². The molecule has 0 fully saturated rings. The maximum Gasteiger partial charge on any atom is 0.137 e. The van der Waals surface area contributed by atoms with E-state index >= 15 is 0 Å². The lowest BCUT2D eigenvalue weighted by atomic mass is 10.2. The molecule has 2 N–H and O–H groups in total. The Morgan fingerprint density at radius 1 is 1.44 bits per heavy atom. The number of hydrogen-bond acceptors (Lipinski definition) is 5. The molecule has 98 valence electrons. The molecule has 0 aliphatic rings. The summed E-state index contributed by atoms with van der Waals surface area (Å²) >= 11 is 1.76. The quantitative estimate of drug-likeness (QED) is 0.786. The summed E-state index contributed by atoms with van der Waals surface area (Å²) in [5.41, 5.74) is 1.18. The van der Waals surface area contributed by atoms with E-state index in [2.05, 4.69) is 46.3 Å². The van der Waals surface area contributed by atoms with Gasteiger partial charge in [-0.05, 0) is 33.7 Å². The lowest BCUT2D eigenvalue weighted by Gasteiger charge is -2.12. The van der Waals surface area contributed by atoms with E-state index in [0.29, 0.717) is 6.04 Å². The average molecular weight is 265 g/mol. The van der Waals surface area contributed by atoms with Gasteiger partial charge in [-0.2, -0.15) is 5.10 Å². The Kier molecular flexibility index (Phi) is 4.43. The predicted molar refractivity (Wildman–Crippen MR) is 72.7 cm³/mol. The molecule has 0 bridgehead atoms. The summed E-state index contributed by atoms with van der Waals surface area (Å²) in [5.74, 6) is 0.949. The second kappa shape index (κ2) is 6.06. The van der Waals surface area contributed by atoms with Gasteiger partial charge in [0, 0.05) is 17.3 Å². The van der Waals surface area contributed by atoms with Gasteiger partial charge in [-0.1, -0.05) is 0 Å². The fourth-order valence-corrected chi connectivity index (χ4v) is 2.88. The molecule has 0 spiro atoms. The highest BCUT2D eigenvalue weighted by atomic mass is 32.1. The van der Waals surface area contributed by atoms with Crippen LogP contribution in [0.5, 0.6) is 0 Å². The number of nitrogens with zero attached hydrogens (tertiary/aromatic N) is 3. The van der Waals surface area contributed by atoms with Gasteiger partial charge in [0.1, 0.15) is 12.2 Å². The molecule has 0 aliphatic heterocycles. The number of aromatic nitrogens is 4. The van der Waals surface area contributed by atoms with Crippen molar-refractivity contribution >= 4 is 11.3 Å². The van der Waals surface area contributed by atoms with E-state index < -0.39 is 0 Å². The van der Waals surface area contributed by atoms with Crippen molar-refractivity contribution in [2.45, 2.75) is 39.7 Å². The maximum atomic E-state index is 4.57. The highest BCUT2D eigenvalue weighted by Crippen LogP contribution is 2.22. The van der Waals surface area contributed by atoms with Gasteiger partial charge in [-0.3, -0.25) is 5.10 Å². The molecule has 5 nitrogen and oxygen atoms in total. The van der Waals surface area contributed by atoms with E-state index in [9.17, 15) is 0 Å². The third-order valence-corrected chi connectivity index (χ3v) is 3.76. The van der Waals surface area contributed by atoms with Crippen molar-refractivity contribution in [3.63, 3.8) is 0 Å². The molecule has 0 aromatic carbocycles. The zero-order valence-corrected chi connectivity index (χ0v) is 11.8. The monoisotopic (exact) mass is 265 g/mol. The van der Waals surface area contributed by atoms with Gasteiger partial charge in [0.25, 0.3) is 0 Å². The summed E-state index contributed by atoms with van der Waals surface area (Å²) in [5, 5.41) is 11.3. The minimum Gasteiger partial charge on any atom is -0.309 e. The summed E-state index contributed by atoms with van der Waals surface area (Å²) in [6, 6.07) is 0.310. The maximum absolute atomic E-state index is 4.57. The summed E-state index contributed by atoms with van der Waals surface area (Å²) in [6.45, 7) is 7.30. The smallest absolute Gasteiger partial charge is 0.137 e. The van der Waals surface area contributed by atoms with Crippen LogP contribution in [0.2, 0.25) is 0 Å². The van der Waals surface area contributed by atoms with Gasteiger partial charge >= 0.3 is 0 Å². The minimum absolute atomic E-state index is 0.310. The van der Waals surface area contributed by atoms with Crippen molar-refractivity contribution in [1.82, 2.24) is 25.5 Å². The molecule has 1 atom stereocenters. The fraction of sp³-hybridized carbons (Fsp3) is 0.583. The van der Waals surface area contributed by atoms with Crippen LogP contribution in [-0.4, -0.2) is 26.7 Å². The Bertz CT molecular complexity index is 477. The largest absolute Gasteiger partial charge is 0.309 e. The molecule has 2 rings (SSSR count). The molecule has 1 unspecified atom stereocenters. The SMILES string of the molecule is Cc1nc(C(C)NCCCc2ncn[nH]2)c(C)s1. The van der Waals surface area contributed by atoms with E-state index in [1.807, 2.05) is 0 Å². The van der Waals surface area contributed by atoms with Crippen LogP contribution < -0.4 is 5.32 Å². The molecule has 2 aromatic heterocycles. The van der Waals surface area contributed by atoms with E-state index in [1.54, 1.807) is 17.7 Å². The molecule has 0 saturated heterocycles. The van der Waals surface area contributed by atoms with Crippen LogP contribution in [0.4, 0.5) is 0 Å². The summed E-state index contributed by atoms with van der Waals surface area (Å²) in [4.78, 5) is 9.98. The standard InChI is InChI=1S/C12H19N5S/c1-8(12-9(2)18-10(3)16-12)13-6-4-5-11-14-7-15-17-11/h7-8,13H,4-6H2,1-3H3,(H,14,15,17). The van der Waals surface area contributed by atoms with Crippen molar-refractivity contribution in [1.29, 1.82) is 0 Å². The van der Waals surface area contributed by atoms with Crippen molar-refractivity contribution in [3.05, 3.63) is 27.7 Å². The minimum atomic E-state index is 0.310. The van der Waals surface area contributed by atoms with E-state index in [-0.39, 0.29) is 0 Å². The normalized spacial score (nSPS) is 12.8. The number of hydrogen-bond donors (Lipinski definition) is 2. The Morgan fingerprint density at radius 3 is 2.89 bits per heavy atom. The zero-order chi connectivity index (χ0) is 13.0. The lowest BCUT2D eigenvalue weighted by Crippen LogP contribution is -2.21. The van der Waals surface area contributed by atoms with Gasteiger partial charge in [-0.25, -0.2) is 9.97 Å². The van der Waals surface area contributed by atoms with E-state index in [4.69, 9.17) is 0 Å². The first-order chi connectivity index (χ1) is 8.66.